The first kappa shape index (κ1) is 19.6. The van der Waals surface area contributed by atoms with E-state index < -0.39 is 5.92 Å². The fourth-order valence-corrected chi connectivity index (χ4v) is 3.52. The smallest absolute Gasteiger partial charge is 0.238 e. The van der Waals surface area contributed by atoms with E-state index in [1.54, 1.807) is 25.3 Å². The van der Waals surface area contributed by atoms with Gasteiger partial charge >= 0.3 is 0 Å². The molecule has 0 spiro atoms. The second-order valence-electron chi connectivity index (χ2n) is 6.55. The molecule has 0 bridgehead atoms. The minimum atomic E-state index is -0.532. The van der Waals surface area contributed by atoms with Gasteiger partial charge in [0, 0.05) is 29.3 Å². The number of ether oxygens (including phenoxy) is 3. The molecule has 1 unspecified atom stereocenters. The van der Waals surface area contributed by atoms with Crippen LogP contribution >= 0.6 is 11.6 Å². The van der Waals surface area contributed by atoms with Gasteiger partial charge in [0.25, 0.3) is 0 Å². The second-order valence-corrected chi connectivity index (χ2v) is 6.98. The third-order valence-electron chi connectivity index (χ3n) is 4.69. The Labute approximate surface area is 173 Å². The van der Waals surface area contributed by atoms with Crippen LogP contribution in [0.15, 0.2) is 42.7 Å². The molecule has 0 radical (unpaired) electrons. The van der Waals surface area contributed by atoms with Crippen molar-refractivity contribution in [1.29, 1.82) is 0 Å². The minimum absolute atomic E-state index is 0.129. The molecule has 8 heteroatoms. The van der Waals surface area contributed by atoms with Crippen LogP contribution < -0.4 is 10.1 Å². The summed E-state index contributed by atoms with van der Waals surface area (Å²) in [5.74, 6) is 0.0164. The Balaban J connectivity index is 1.56. The van der Waals surface area contributed by atoms with Crippen LogP contribution in [0.1, 0.15) is 17.2 Å². The summed E-state index contributed by atoms with van der Waals surface area (Å²) >= 11 is 6.15. The molecule has 1 aliphatic rings. The van der Waals surface area contributed by atoms with Crippen molar-refractivity contribution in [3.63, 3.8) is 0 Å². The Bertz CT molecular complexity index is 1040. The number of hydrogen-bond donors (Lipinski definition) is 1. The van der Waals surface area contributed by atoms with Gasteiger partial charge in [0.15, 0.2) is 0 Å². The molecule has 1 aromatic heterocycles. The molecule has 0 aliphatic carbocycles. The van der Waals surface area contributed by atoms with E-state index in [0.717, 1.165) is 16.6 Å². The topological polar surface area (TPSA) is 82.6 Å². The molecule has 0 saturated carbocycles. The number of fused-ring (bicyclic) bond motifs is 2. The third kappa shape index (κ3) is 4.17. The molecule has 1 atom stereocenters. The highest BCUT2D eigenvalue weighted by molar-refractivity contribution is 6.31. The van der Waals surface area contributed by atoms with Gasteiger partial charge in [0.05, 0.1) is 31.0 Å². The highest BCUT2D eigenvalue weighted by atomic mass is 35.5. The van der Waals surface area contributed by atoms with E-state index in [9.17, 15) is 4.79 Å². The number of halogens is 1. The minimum Gasteiger partial charge on any atom is -0.491 e. The van der Waals surface area contributed by atoms with Crippen molar-refractivity contribution in [3.8, 4) is 5.75 Å². The maximum absolute atomic E-state index is 12.6. The van der Waals surface area contributed by atoms with Crippen molar-refractivity contribution >= 4 is 34.1 Å². The Hall–Kier alpha value is -2.74. The number of nitrogens with zero attached hydrogens (tertiary/aromatic N) is 2. The van der Waals surface area contributed by atoms with Gasteiger partial charge in [0.1, 0.15) is 24.6 Å². The Morgan fingerprint density at radius 1 is 1.07 bits per heavy atom. The lowest BCUT2D eigenvalue weighted by molar-refractivity contribution is -0.116. The quantitative estimate of drug-likeness (QED) is 0.570. The average Bonchev–Trinajstić information content (AvgIpc) is 3.04. The number of aromatic nitrogens is 2. The molecule has 2 aromatic carbocycles. The first-order valence-corrected chi connectivity index (χ1v) is 9.59. The molecule has 2 heterocycles. The number of anilines is 1. The zero-order valence-electron chi connectivity index (χ0n) is 15.9. The van der Waals surface area contributed by atoms with E-state index in [0.29, 0.717) is 48.4 Å². The normalized spacial score (nSPS) is 15.4. The highest BCUT2D eigenvalue weighted by Crippen LogP contribution is 2.40. The number of hydrogen-bond acceptors (Lipinski definition) is 6. The van der Waals surface area contributed by atoms with Crippen molar-refractivity contribution in [2.75, 3.05) is 38.9 Å². The van der Waals surface area contributed by atoms with Crippen LogP contribution in [-0.2, 0) is 14.3 Å². The van der Waals surface area contributed by atoms with Gasteiger partial charge in [0.2, 0.25) is 5.91 Å². The summed E-state index contributed by atoms with van der Waals surface area (Å²) < 4.78 is 16.1. The first-order chi connectivity index (χ1) is 14.2. The van der Waals surface area contributed by atoms with Crippen LogP contribution in [0.3, 0.4) is 0 Å². The summed E-state index contributed by atoms with van der Waals surface area (Å²) in [4.78, 5) is 21.4. The van der Waals surface area contributed by atoms with Crippen molar-refractivity contribution < 1.29 is 19.0 Å². The number of methoxy groups -OCH3 is 1. The van der Waals surface area contributed by atoms with Crippen molar-refractivity contribution in [2.45, 2.75) is 5.92 Å². The zero-order valence-corrected chi connectivity index (χ0v) is 16.6. The highest BCUT2D eigenvalue weighted by Gasteiger charge is 2.34. The summed E-state index contributed by atoms with van der Waals surface area (Å²) in [5.41, 5.74) is 2.92. The lowest BCUT2D eigenvalue weighted by Crippen LogP contribution is -2.15. The predicted molar refractivity (Wildman–Crippen MR) is 110 cm³/mol. The lowest BCUT2D eigenvalue weighted by Gasteiger charge is -2.12. The van der Waals surface area contributed by atoms with E-state index in [-0.39, 0.29) is 5.91 Å². The molecular formula is C21H20ClN3O4. The van der Waals surface area contributed by atoms with Crippen LogP contribution in [0.25, 0.3) is 10.9 Å². The maximum atomic E-state index is 12.6. The monoisotopic (exact) mass is 413 g/mol. The van der Waals surface area contributed by atoms with Crippen LogP contribution in [-0.4, -0.2) is 49.4 Å². The van der Waals surface area contributed by atoms with Crippen molar-refractivity contribution in [2.24, 2.45) is 0 Å². The van der Waals surface area contributed by atoms with Crippen LogP contribution in [0, 0.1) is 0 Å². The van der Waals surface area contributed by atoms with Crippen LogP contribution in [0.4, 0.5) is 5.69 Å². The van der Waals surface area contributed by atoms with Crippen LogP contribution in [0.5, 0.6) is 5.75 Å². The fraction of sp³-hybridized carbons (Fsp3) is 0.286. The number of carbonyl (C=O) groups is 1. The summed E-state index contributed by atoms with van der Waals surface area (Å²) in [6, 6.07) is 10.9. The Kier molecular flexibility index (Phi) is 5.89. The Morgan fingerprint density at radius 2 is 1.93 bits per heavy atom. The molecule has 150 valence electrons. The zero-order chi connectivity index (χ0) is 20.2. The van der Waals surface area contributed by atoms with Gasteiger partial charge in [-0.15, -0.1) is 0 Å². The van der Waals surface area contributed by atoms with Gasteiger partial charge in [-0.3, -0.25) is 4.79 Å². The average molecular weight is 414 g/mol. The summed E-state index contributed by atoms with van der Waals surface area (Å²) in [5, 5.41) is 4.26. The van der Waals surface area contributed by atoms with E-state index in [2.05, 4.69) is 15.3 Å². The summed E-state index contributed by atoms with van der Waals surface area (Å²) in [6.45, 7) is 1.97. The molecule has 4 rings (SSSR count). The summed E-state index contributed by atoms with van der Waals surface area (Å²) in [7, 11) is 1.63. The fourth-order valence-electron chi connectivity index (χ4n) is 3.34. The molecule has 0 saturated heterocycles. The van der Waals surface area contributed by atoms with E-state index in [1.807, 2.05) is 18.2 Å². The number of amides is 1. The van der Waals surface area contributed by atoms with Crippen molar-refractivity contribution in [1.82, 2.24) is 9.97 Å². The molecular weight excluding hydrogens is 394 g/mol. The summed E-state index contributed by atoms with van der Waals surface area (Å²) in [6.07, 6.45) is 1.46. The molecule has 1 aliphatic heterocycles. The molecule has 7 nitrogen and oxygen atoms in total. The number of nitrogens with one attached hydrogen (secondary N) is 1. The lowest BCUT2D eigenvalue weighted by atomic mass is 9.94. The van der Waals surface area contributed by atoms with Crippen LogP contribution in [0.2, 0.25) is 5.02 Å². The molecule has 29 heavy (non-hydrogen) atoms. The van der Waals surface area contributed by atoms with Gasteiger partial charge < -0.3 is 19.5 Å². The number of rotatable bonds is 8. The predicted octanol–water partition coefficient (Wildman–Crippen LogP) is 3.41. The maximum Gasteiger partial charge on any atom is 0.238 e. The Morgan fingerprint density at radius 3 is 2.79 bits per heavy atom. The SMILES string of the molecule is COCCOCCOc1ccc2c(C3C(=O)Nc4ccc(Cl)cc43)ncnc2c1. The second kappa shape index (κ2) is 8.73. The van der Waals surface area contributed by atoms with E-state index in [1.165, 1.54) is 6.33 Å². The number of benzene rings is 2. The standard InChI is InChI=1S/C21H20ClN3O4/c1-27-6-7-28-8-9-29-14-3-4-15-18(11-14)23-12-24-20(15)19-16-10-13(22)2-5-17(16)25-21(19)26/h2-5,10-12,19H,6-9H2,1H3,(H,25,26). The van der Waals surface area contributed by atoms with Gasteiger partial charge in [-0.1, -0.05) is 11.6 Å². The largest absolute Gasteiger partial charge is 0.491 e. The first-order valence-electron chi connectivity index (χ1n) is 9.22. The van der Waals surface area contributed by atoms with Crippen molar-refractivity contribution in [3.05, 3.63) is 59.0 Å². The molecule has 3 aromatic rings. The molecule has 1 N–H and O–H groups in total. The van der Waals surface area contributed by atoms with Gasteiger partial charge in [-0.05, 0) is 35.9 Å². The number of carbonyl (C=O) groups excluding carboxylic acids is 1. The van der Waals surface area contributed by atoms with E-state index >= 15 is 0 Å². The molecule has 0 fully saturated rings. The van der Waals surface area contributed by atoms with Gasteiger partial charge in [-0.25, -0.2) is 9.97 Å². The molecule has 1 amide bonds. The van der Waals surface area contributed by atoms with E-state index in [4.69, 9.17) is 25.8 Å². The third-order valence-corrected chi connectivity index (χ3v) is 4.92. The van der Waals surface area contributed by atoms with Gasteiger partial charge in [-0.2, -0.15) is 0 Å².